The van der Waals surface area contributed by atoms with E-state index in [4.69, 9.17) is 4.74 Å². The maximum absolute atomic E-state index is 12.4. The molecule has 12 heteroatoms. The van der Waals surface area contributed by atoms with Crippen LogP contribution < -0.4 is 8.92 Å². The Kier molecular flexibility index (Phi) is 8.26. The van der Waals surface area contributed by atoms with E-state index in [0.29, 0.717) is 12.9 Å². The maximum atomic E-state index is 12.4. The number of hydrogen-bond donors (Lipinski definition) is 1. The smallest absolute Gasteiger partial charge is 0.487 e. The number of hydrogen-bond acceptors (Lipinski definition) is 8. The van der Waals surface area contributed by atoms with Crippen LogP contribution in [0.3, 0.4) is 0 Å². The van der Waals surface area contributed by atoms with E-state index < -0.39 is 33.6 Å². The first kappa shape index (κ1) is 25.7. The highest BCUT2D eigenvalue weighted by Gasteiger charge is 2.49. The minimum Gasteiger partial charge on any atom is -0.487 e. The van der Waals surface area contributed by atoms with Crippen LogP contribution in [0.2, 0.25) is 0 Å². The lowest BCUT2D eigenvalue weighted by molar-refractivity contribution is -0.138. The summed E-state index contributed by atoms with van der Waals surface area (Å²) in [6.45, 7) is 7.44. The van der Waals surface area contributed by atoms with Gasteiger partial charge in [-0.15, -0.1) is 0 Å². The van der Waals surface area contributed by atoms with Crippen LogP contribution in [0, 0.1) is 0 Å². The predicted octanol–water partition coefficient (Wildman–Crippen LogP) is 2.76. The van der Waals surface area contributed by atoms with Gasteiger partial charge in [-0.3, -0.25) is 9.59 Å². The van der Waals surface area contributed by atoms with Gasteiger partial charge in [-0.05, 0) is 52.7 Å². The van der Waals surface area contributed by atoms with Gasteiger partial charge in [0.15, 0.2) is 12.0 Å². The summed E-state index contributed by atoms with van der Waals surface area (Å²) >= 11 is 0. The molecular formula is C18H23F3O8S. The van der Waals surface area contributed by atoms with Gasteiger partial charge in [0.25, 0.3) is 6.47 Å². The van der Waals surface area contributed by atoms with Crippen LogP contribution in [0.15, 0.2) is 12.1 Å². The third kappa shape index (κ3) is 6.87. The Morgan fingerprint density at radius 2 is 1.83 bits per heavy atom. The number of benzene rings is 1. The van der Waals surface area contributed by atoms with Crippen LogP contribution in [-0.4, -0.2) is 49.6 Å². The second-order valence-corrected chi connectivity index (χ2v) is 8.85. The van der Waals surface area contributed by atoms with E-state index in [0.717, 1.165) is 6.07 Å². The molecule has 1 N–H and O–H groups in total. The number of rotatable bonds is 5. The Balaban J connectivity index is 0.000000553. The molecule has 0 bridgehead atoms. The zero-order valence-electron chi connectivity index (χ0n) is 16.7. The van der Waals surface area contributed by atoms with Gasteiger partial charge in [-0.2, -0.15) is 21.6 Å². The molecule has 0 radical (unpaired) electrons. The molecule has 0 aromatic heterocycles. The molecule has 30 heavy (non-hydrogen) atoms. The summed E-state index contributed by atoms with van der Waals surface area (Å²) in [5.74, 6) is -0.517. The maximum Gasteiger partial charge on any atom is 0.534 e. The lowest BCUT2D eigenvalue weighted by Gasteiger charge is -2.29. The summed E-state index contributed by atoms with van der Waals surface area (Å²) < 4.78 is 73.3. The number of aliphatic hydroxyl groups is 1. The topological polar surface area (TPSA) is 116 Å². The third-order valence-corrected chi connectivity index (χ3v) is 4.74. The molecule has 0 fully saturated rings. The van der Waals surface area contributed by atoms with Gasteiger partial charge in [0.2, 0.25) is 0 Å². The first-order valence-electron chi connectivity index (χ1n) is 8.71. The summed E-state index contributed by atoms with van der Waals surface area (Å²) in [6, 6.07) is 2.12. The van der Waals surface area contributed by atoms with Crippen molar-refractivity contribution < 1.29 is 49.9 Å². The highest BCUT2D eigenvalue weighted by molar-refractivity contribution is 7.88. The van der Waals surface area contributed by atoms with Gasteiger partial charge in [-0.1, -0.05) is 0 Å². The second-order valence-electron chi connectivity index (χ2n) is 7.32. The molecule has 1 aliphatic rings. The van der Waals surface area contributed by atoms with Crippen LogP contribution in [0.25, 0.3) is 0 Å². The van der Waals surface area contributed by atoms with Crippen LogP contribution in [-0.2, 0) is 26.1 Å². The number of fused-ring (bicyclic) bond motifs is 1. The summed E-state index contributed by atoms with van der Waals surface area (Å²) in [5, 5.41) is 9.50. The Morgan fingerprint density at radius 1 is 1.23 bits per heavy atom. The van der Waals surface area contributed by atoms with Gasteiger partial charge in [0.1, 0.15) is 17.5 Å². The largest absolute Gasteiger partial charge is 0.534 e. The van der Waals surface area contributed by atoms with Crippen molar-refractivity contribution in [3.8, 4) is 11.5 Å². The predicted molar refractivity (Wildman–Crippen MR) is 98.8 cm³/mol. The van der Waals surface area contributed by atoms with E-state index in [2.05, 4.69) is 8.92 Å². The van der Waals surface area contributed by atoms with Gasteiger partial charge in [-0.25, -0.2) is 0 Å². The fourth-order valence-electron chi connectivity index (χ4n) is 2.35. The second kappa shape index (κ2) is 9.65. The quantitative estimate of drug-likeness (QED) is 0.409. The molecule has 0 saturated carbocycles. The average Bonchev–Trinajstić information content (AvgIpc) is 2.59. The van der Waals surface area contributed by atoms with Crippen LogP contribution in [0.1, 0.15) is 50.0 Å². The van der Waals surface area contributed by atoms with E-state index >= 15 is 0 Å². The van der Waals surface area contributed by atoms with E-state index in [1.165, 1.54) is 13.0 Å². The monoisotopic (exact) mass is 456 g/mol. The van der Waals surface area contributed by atoms with Crippen LogP contribution in [0.5, 0.6) is 11.5 Å². The van der Waals surface area contributed by atoms with Gasteiger partial charge in [0, 0.05) is 5.56 Å². The summed E-state index contributed by atoms with van der Waals surface area (Å²) in [4.78, 5) is 20.8. The van der Waals surface area contributed by atoms with Crippen LogP contribution in [0.4, 0.5) is 13.2 Å². The molecule has 2 atom stereocenters. The number of halogens is 3. The third-order valence-electron chi connectivity index (χ3n) is 3.77. The number of ether oxygens (including phenoxy) is 2. The first-order valence-corrected chi connectivity index (χ1v) is 10.1. The van der Waals surface area contributed by atoms with E-state index in [9.17, 15) is 36.3 Å². The molecule has 0 amide bonds. The van der Waals surface area contributed by atoms with Crippen molar-refractivity contribution >= 4 is 22.9 Å². The minimum atomic E-state index is -5.87. The molecule has 1 heterocycles. The molecule has 0 aliphatic carbocycles. The molecule has 8 nitrogen and oxygen atoms in total. The Hall–Kier alpha value is -2.34. The molecule has 170 valence electrons. The molecule has 1 aromatic carbocycles. The number of alkyl halides is 3. The summed E-state index contributed by atoms with van der Waals surface area (Å²) in [6.07, 6.45) is -0.535. The fraction of sp³-hybridized carbons (Fsp3) is 0.556. The van der Waals surface area contributed by atoms with Crippen molar-refractivity contribution in [1.29, 1.82) is 0 Å². The van der Waals surface area contributed by atoms with Gasteiger partial charge >= 0.3 is 15.6 Å². The van der Waals surface area contributed by atoms with E-state index in [1.54, 1.807) is 0 Å². The van der Waals surface area contributed by atoms with Crippen molar-refractivity contribution in [2.45, 2.75) is 63.9 Å². The fourth-order valence-corrected chi connectivity index (χ4v) is 2.83. The van der Waals surface area contributed by atoms with Crippen molar-refractivity contribution in [2.75, 3.05) is 0 Å². The lowest BCUT2D eigenvalue weighted by atomic mass is 9.95. The molecule has 2 unspecified atom stereocenters. The summed E-state index contributed by atoms with van der Waals surface area (Å²) in [5.41, 5.74) is -6.00. The van der Waals surface area contributed by atoms with E-state index in [-0.39, 0.29) is 35.2 Å². The van der Waals surface area contributed by atoms with E-state index in [1.807, 2.05) is 20.8 Å². The highest BCUT2D eigenvalue weighted by Crippen LogP contribution is 2.37. The van der Waals surface area contributed by atoms with Crippen molar-refractivity contribution in [3.05, 3.63) is 23.3 Å². The SMILES string of the molecule is CC(C)(C)OC=O.CC(O)C1CCc2c(ccc(OS(=O)(=O)C(F)(F)F)c2C=O)O1. The molecule has 0 saturated heterocycles. The Labute approximate surface area is 172 Å². The average molecular weight is 456 g/mol. The first-order chi connectivity index (χ1) is 13.6. The standard InChI is InChI=1S/C13H13F3O6S.C5H10O2/c1-7(18)10-3-2-8-9(6-17)12(5-4-11(8)21-10)22-23(19,20)13(14,15)16;1-5(2,3)7-4-6/h4-7,10,18H,2-3H2,1H3;4H,1-3H3. The normalized spacial score (nSPS) is 17.4. The Morgan fingerprint density at radius 3 is 2.23 bits per heavy atom. The molecule has 1 aromatic rings. The van der Waals surface area contributed by atoms with Crippen molar-refractivity contribution in [1.82, 2.24) is 0 Å². The number of aliphatic hydroxyl groups excluding tert-OH is 1. The molecule has 1 aliphatic heterocycles. The summed E-state index contributed by atoms with van der Waals surface area (Å²) in [7, 11) is -5.87. The number of carbonyl (C=O) groups excluding carboxylic acids is 2. The zero-order valence-corrected chi connectivity index (χ0v) is 17.5. The molecule has 0 spiro atoms. The number of carbonyl (C=O) groups is 2. The van der Waals surface area contributed by atoms with Crippen molar-refractivity contribution in [3.63, 3.8) is 0 Å². The van der Waals surface area contributed by atoms with Crippen LogP contribution >= 0.6 is 0 Å². The highest BCUT2D eigenvalue weighted by atomic mass is 32.2. The van der Waals surface area contributed by atoms with Gasteiger partial charge in [0.05, 0.1) is 11.7 Å². The zero-order chi connectivity index (χ0) is 23.3. The van der Waals surface area contributed by atoms with Gasteiger partial charge < -0.3 is 18.8 Å². The Bertz CT molecular complexity index is 857. The van der Waals surface area contributed by atoms with Crippen molar-refractivity contribution in [2.24, 2.45) is 0 Å². The number of aldehydes is 1. The minimum absolute atomic E-state index is 0.195. The molecular weight excluding hydrogens is 433 g/mol. The lowest BCUT2D eigenvalue weighted by Crippen LogP contribution is -2.33. The molecule has 2 rings (SSSR count).